The molecule has 22 heteroatoms. The number of carbonyl (C=O) groups excluding carboxylic acids is 7. The number of amides is 7. The van der Waals surface area contributed by atoms with Crippen molar-refractivity contribution in [3.05, 3.63) is 34.9 Å². The van der Waals surface area contributed by atoms with Crippen LogP contribution in [0.25, 0.3) is 0 Å². The Balaban J connectivity index is 0.00000489. The molecule has 15 N–H and O–H groups in total. The molecule has 0 bridgehead atoms. The van der Waals surface area contributed by atoms with E-state index in [-0.39, 0.29) is 13.0 Å². The van der Waals surface area contributed by atoms with Gasteiger partial charge in [-0.1, -0.05) is 32.0 Å². The summed E-state index contributed by atoms with van der Waals surface area (Å²) in [6, 6.07) is -5.20. The van der Waals surface area contributed by atoms with Crippen LogP contribution in [0.5, 0.6) is 0 Å². The summed E-state index contributed by atoms with van der Waals surface area (Å²) in [5, 5.41) is 82.5. The molecule has 0 saturated carbocycles. The lowest BCUT2D eigenvalue weighted by Crippen LogP contribution is -2.64. The Bertz CT molecular complexity index is 1770. The van der Waals surface area contributed by atoms with Crippen molar-refractivity contribution in [3.63, 3.8) is 0 Å². The van der Waals surface area contributed by atoms with Crippen LogP contribution >= 0.6 is 0 Å². The van der Waals surface area contributed by atoms with E-state index in [0.29, 0.717) is 5.56 Å². The summed E-state index contributed by atoms with van der Waals surface area (Å²) >= 11 is 0. The number of hydrogen-bond acceptors (Lipinski definition) is 15. The van der Waals surface area contributed by atoms with Crippen molar-refractivity contribution < 1.29 is 69.3 Å². The van der Waals surface area contributed by atoms with E-state index in [9.17, 15) is 64.2 Å². The standard InChI is InChI=1S/C38H58N8O13.CH4O/c1-15-6-7-20(8-16(15)2)18(4)32(53)29-35(56)43-28(25(50)11-26(40)51)38(59)46-13-17(3)31(52)30(46)36(57)41-12-21(48)9-23(39)33(54)42-27(19(5)47)37(58)45-14-22(49)10-24(45)34(55)44-29;1-2/h6-8,17-19,21-25,27-32,47-50,52-53H,9-14,39H2,1-5H3,(H2,40,51)(H,41,57)(H,42,54)(H,43,56)(H,44,55);2H,1H3. The molecule has 1 aromatic rings. The maximum Gasteiger partial charge on any atom is 0.248 e. The minimum absolute atomic E-state index is 0.285. The van der Waals surface area contributed by atoms with Gasteiger partial charge in [-0.05, 0) is 43.9 Å². The summed E-state index contributed by atoms with van der Waals surface area (Å²) in [4.78, 5) is 97.3. The molecule has 4 rings (SSSR count). The van der Waals surface area contributed by atoms with Crippen LogP contribution in [-0.4, -0.2) is 187 Å². The summed E-state index contributed by atoms with van der Waals surface area (Å²) in [6.07, 6.45) is -11.4. The van der Waals surface area contributed by atoms with Gasteiger partial charge in [-0.2, -0.15) is 0 Å². The van der Waals surface area contributed by atoms with E-state index < -0.39 is 152 Å². The highest BCUT2D eigenvalue weighted by Gasteiger charge is 2.50. The zero-order chi connectivity index (χ0) is 46.2. The SMILES string of the molecule is CO.Cc1ccc(C(C)C(O)C2NC(=O)C3CC(O)CN3C(=O)C(C(C)O)NC(=O)C(N)CC(O)CNC(=O)C3C(O)C(C)CN3C(=O)C(C(O)CC(N)=O)NC2=O)cc1C. The molecule has 3 fully saturated rings. The van der Waals surface area contributed by atoms with Gasteiger partial charge in [-0.15, -0.1) is 0 Å². The van der Waals surface area contributed by atoms with E-state index in [0.717, 1.165) is 28.0 Å². The Labute approximate surface area is 353 Å². The lowest BCUT2D eigenvalue weighted by molar-refractivity contribution is -0.147. The molecule has 22 nitrogen and oxygen atoms in total. The minimum Gasteiger partial charge on any atom is -0.400 e. The van der Waals surface area contributed by atoms with Gasteiger partial charge in [0.15, 0.2) is 0 Å². The molecule has 7 amide bonds. The van der Waals surface area contributed by atoms with Crippen LogP contribution < -0.4 is 32.7 Å². The third kappa shape index (κ3) is 12.2. The molecule has 3 aliphatic heterocycles. The van der Waals surface area contributed by atoms with E-state index in [1.165, 1.54) is 13.8 Å². The van der Waals surface area contributed by atoms with Gasteiger partial charge in [0, 0.05) is 45.0 Å². The van der Waals surface area contributed by atoms with E-state index in [1.54, 1.807) is 25.1 Å². The van der Waals surface area contributed by atoms with E-state index in [2.05, 4.69) is 21.3 Å². The maximum atomic E-state index is 14.4. The number of fused-ring (bicyclic) bond motifs is 2. The van der Waals surface area contributed by atoms with Crippen molar-refractivity contribution in [3.8, 4) is 0 Å². The van der Waals surface area contributed by atoms with Gasteiger partial charge >= 0.3 is 0 Å². The molecule has 3 saturated heterocycles. The number of aliphatic hydroxyl groups is 7. The summed E-state index contributed by atoms with van der Waals surface area (Å²) in [5.41, 5.74) is 13.7. The van der Waals surface area contributed by atoms with Gasteiger partial charge in [-0.3, -0.25) is 33.6 Å². The summed E-state index contributed by atoms with van der Waals surface area (Å²) in [6.45, 7) is 6.67. The fourth-order valence-corrected chi connectivity index (χ4v) is 7.65. The third-order valence-electron chi connectivity index (χ3n) is 11.4. The topological polar surface area (TPSA) is 368 Å². The molecule has 3 aliphatic rings. The molecular weight excluding hydrogens is 804 g/mol. The quantitative estimate of drug-likeness (QED) is 0.121. The van der Waals surface area contributed by atoms with Crippen LogP contribution in [0, 0.1) is 19.8 Å². The first-order chi connectivity index (χ1) is 28.5. The number of β-amino-alcohol motifs (C(OH)–C–C–N with tert-alkyl or cyclic N) is 1. The molecule has 61 heavy (non-hydrogen) atoms. The second-order valence-corrected chi connectivity index (χ2v) is 16.1. The predicted octanol–water partition coefficient (Wildman–Crippen LogP) is -6.17. The molecule has 14 atom stereocenters. The van der Waals surface area contributed by atoms with E-state index >= 15 is 0 Å². The number of aliphatic hydroxyl groups excluding tert-OH is 7. The number of hydrogen-bond donors (Lipinski definition) is 13. The summed E-state index contributed by atoms with van der Waals surface area (Å²) < 4.78 is 0. The molecule has 3 heterocycles. The Morgan fingerprint density at radius 1 is 0.787 bits per heavy atom. The van der Waals surface area contributed by atoms with Crippen molar-refractivity contribution in [2.24, 2.45) is 17.4 Å². The van der Waals surface area contributed by atoms with Crippen LogP contribution in [0.1, 0.15) is 62.6 Å². The number of nitrogens with zero attached hydrogens (tertiary/aromatic N) is 2. The average molecular weight is 867 g/mol. The Morgan fingerprint density at radius 3 is 1.97 bits per heavy atom. The number of rotatable bonds is 7. The van der Waals surface area contributed by atoms with Crippen molar-refractivity contribution in [1.29, 1.82) is 0 Å². The molecule has 0 radical (unpaired) electrons. The largest absolute Gasteiger partial charge is 0.400 e. The minimum atomic E-state index is -2.06. The lowest BCUT2D eigenvalue weighted by Gasteiger charge is -2.34. The number of benzene rings is 1. The monoisotopic (exact) mass is 866 g/mol. The Morgan fingerprint density at radius 2 is 1.38 bits per heavy atom. The van der Waals surface area contributed by atoms with Gasteiger partial charge in [0.05, 0.1) is 49.1 Å². The lowest BCUT2D eigenvalue weighted by atomic mass is 9.88. The Hall–Kier alpha value is -4.81. The summed E-state index contributed by atoms with van der Waals surface area (Å²) in [5.74, 6) is -9.21. The van der Waals surface area contributed by atoms with Gasteiger partial charge in [0.1, 0.15) is 30.2 Å². The van der Waals surface area contributed by atoms with Crippen LogP contribution in [0.4, 0.5) is 0 Å². The van der Waals surface area contributed by atoms with Crippen LogP contribution in [0.15, 0.2) is 18.2 Å². The average Bonchev–Trinajstić information content (AvgIpc) is 3.74. The maximum absolute atomic E-state index is 14.4. The number of carbonyl (C=O) groups is 7. The Kier molecular flexibility index (Phi) is 18.1. The third-order valence-corrected chi connectivity index (χ3v) is 11.4. The van der Waals surface area contributed by atoms with Crippen molar-refractivity contribution in [2.75, 3.05) is 26.7 Å². The van der Waals surface area contributed by atoms with Crippen LogP contribution in [-0.2, 0) is 33.6 Å². The fourth-order valence-electron chi connectivity index (χ4n) is 7.65. The molecule has 1 aromatic carbocycles. The molecule has 342 valence electrons. The molecule has 0 aliphatic carbocycles. The van der Waals surface area contributed by atoms with Gasteiger partial charge in [-0.25, -0.2) is 0 Å². The highest BCUT2D eigenvalue weighted by molar-refractivity contribution is 5.98. The van der Waals surface area contributed by atoms with E-state index in [1.807, 2.05) is 13.8 Å². The normalized spacial score (nSPS) is 31.7. The zero-order valence-corrected chi connectivity index (χ0v) is 35.1. The van der Waals surface area contributed by atoms with E-state index in [4.69, 9.17) is 16.6 Å². The van der Waals surface area contributed by atoms with Crippen LogP contribution in [0.3, 0.4) is 0 Å². The van der Waals surface area contributed by atoms with Gasteiger partial charge in [0.25, 0.3) is 0 Å². The molecule has 0 spiro atoms. The van der Waals surface area contributed by atoms with Gasteiger partial charge in [0.2, 0.25) is 41.4 Å². The number of aryl methyl sites for hydroxylation is 2. The molecule has 14 unspecified atom stereocenters. The first-order valence-electron chi connectivity index (χ1n) is 20.0. The molecular formula is C39H62N8O14. The smallest absolute Gasteiger partial charge is 0.248 e. The molecule has 0 aromatic heterocycles. The zero-order valence-electron chi connectivity index (χ0n) is 35.1. The van der Waals surface area contributed by atoms with Crippen molar-refractivity contribution in [2.45, 2.75) is 133 Å². The highest BCUT2D eigenvalue weighted by atomic mass is 16.3. The first-order valence-corrected chi connectivity index (χ1v) is 20.0. The second-order valence-electron chi connectivity index (χ2n) is 16.1. The highest BCUT2D eigenvalue weighted by Crippen LogP contribution is 2.28. The van der Waals surface area contributed by atoms with Crippen LogP contribution in [0.2, 0.25) is 0 Å². The number of nitrogens with two attached hydrogens (primary N) is 2. The summed E-state index contributed by atoms with van der Waals surface area (Å²) in [7, 11) is 1.00. The first kappa shape index (κ1) is 50.5. The number of nitrogens with one attached hydrogen (secondary N) is 4. The van der Waals surface area contributed by atoms with Crippen molar-refractivity contribution >= 4 is 41.4 Å². The van der Waals surface area contributed by atoms with Gasteiger partial charge < -0.3 is 78.3 Å². The fraction of sp³-hybridized carbons (Fsp3) is 0.667. The second kappa shape index (κ2) is 21.8. The number of primary amides is 1. The predicted molar refractivity (Wildman–Crippen MR) is 214 cm³/mol. The van der Waals surface area contributed by atoms with Crippen molar-refractivity contribution in [1.82, 2.24) is 31.1 Å².